The van der Waals surface area contributed by atoms with Crippen LogP contribution in [-0.4, -0.2) is 16.1 Å². The zero-order valence-electron chi connectivity index (χ0n) is 31.5. The van der Waals surface area contributed by atoms with Crippen molar-refractivity contribution >= 4 is 86.7 Å². The van der Waals surface area contributed by atoms with Crippen LogP contribution in [0, 0.1) is 0 Å². The summed E-state index contributed by atoms with van der Waals surface area (Å²) >= 11 is 0. The van der Waals surface area contributed by atoms with Gasteiger partial charge in [0.1, 0.15) is 0 Å². The molecule has 0 unspecified atom stereocenters. The van der Waals surface area contributed by atoms with E-state index < -0.39 is 16.1 Å². The summed E-state index contributed by atoms with van der Waals surface area (Å²) in [4.78, 5) is 2.40. The third-order valence-corrected chi connectivity index (χ3v) is 15.2. The van der Waals surface area contributed by atoms with Gasteiger partial charge in [0.15, 0.2) is 0 Å². The summed E-state index contributed by atoms with van der Waals surface area (Å²) in [7, 11) is -2.81. The smallest absolute Gasteiger partial charge is 0.0775 e. The molecule has 0 aliphatic carbocycles. The van der Waals surface area contributed by atoms with Crippen molar-refractivity contribution in [3.05, 3.63) is 164 Å². The predicted octanol–water partition coefficient (Wildman–Crippen LogP) is 13.6. The molecule has 0 amide bonds. The lowest BCUT2D eigenvalue weighted by Crippen LogP contribution is -2.37. The first-order valence-corrected chi connectivity index (χ1v) is 25.8. The maximum absolute atomic E-state index is 2.41. The van der Waals surface area contributed by atoms with Crippen LogP contribution in [0.2, 0.25) is 39.3 Å². The van der Waals surface area contributed by atoms with Gasteiger partial charge in [-0.05, 0) is 132 Å². The first-order chi connectivity index (χ1) is 25.5. The quantitative estimate of drug-likeness (QED) is 0.117. The van der Waals surface area contributed by atoms with Crippen molar-refractivity contribution in [1.82, 2.24) is 0 Å². The number of nitrogens with zero attached hydrogens (tertiary/aromatic N) is 1. The van der Waals surface area contributed by atoms with Crippen molar-refractivity contribution in [1.29, 1.82) is 0 Å². The molecule has 0 aromatic heterocycles. The maximum atomic E-state index is 2.41. The number of anilines is 3. The van der Waals surface area contributed by atoms with Crippen LogP contribution in [0.5, 0.6) is 0 Å². The summed E-state index contributed by atoms with van der Waals surface area (Å²) in [6.45, 7) is 14.5. The number of hydrogen-bond donors (Lipinski definition) is 0. The Morgan fingerprint density at radius 2 is 0.642 bits per heavy atom. The van der Waals surface area contributed by atoms with E-state index in [1.807, 2.05) is 0 Å². The Morgan fingerprint density at radius 1 is 0.302 bits per heavy atom. The molecule has 0 spiro atoms. The second-order valence-electron chi connectivity index (χ2n) is 16.8. The van der Waals surface area contributed by atoms with Crippen LogP contribution in [0.4, 0.5) is 17.1 Å². The SMILES string of the molecule is C[Si](C)(C)c1ccc(N(c2ccc(-c3cc4ccc5cc(-c6ccc7ccccc7c6)cc6ccc(c3)c4c56)cc2)c2ccc([Si](C)(C)C)cc2)cc1. The Balaban J connectivity index is 1.08. The number of hydrogen-bond acceptors (Lipinski definition) is 1. The van der Waals surface area contributed by atoms with E-state index in [-0.39, 0.29) is 0 Å². The molecule has 0 bridgehead atoms. The molecule has 3 heteroatoms. The Kier molecular flexibility index (Phi) is 7.92. The van der Waals surface area contributed by atoms with Gasteiger partial charge in [0.05, 0.1) is 16.1 Å². The highest BCUT2D eigenvalue weighted by Gasteiger charge is 2.20. The predicted molar refractivity (Wildman–Crippen MR) is 239 cm³/mol. The summed E-state index contributed by atoms with van der Waals surface area (Å²) in [5.74, 6) is 0. The number of fused-ring (bicyclic) bond motifs is 1. The minimum atomic E-state index is -1.41. The zero-order chi connectivity index (χ0) is 36.5. The second-order valence-corrected chi connectivity index (χ2v) is 26.9. The van der Waals surface area contributed by atoms with Crippen molar-refractivity contribution < 1.29 is 0 Å². The maximum Gasteiger partial charge on any atom is 0.0775 e. The molecule has 9 aromatic carbocycles. The normalized spacial score (nSPS) is 12.3. The Bertz CT molecular complexity index is 2640. The zero-order valence-corrected chi connectivity index (χ0v) is 33.5. The van der Waals surface area contributed by atoms with Gasteiger partial charge < -0.3 is 4.90 Å². The highest BCUT2D eigenvalue weighted by Crippen LogP contribution is 2.41. The molecule has 0 heterocycles. The lowest BCUT2D eigenvalue weighted by molar-refractivity contribution is 1.29. The number of benzene rings is 9. The van der Waals surface area contributed by atoms with Crippen LogP contribution in [0.25, 0.3) is 65.3 Å². The summed E-state index contributed by atoms with van der Waals surface area (Å²) in [6, 6.07) is 61.8. The van der Waals surface area contributed by atoms with Gasteiger partial charge in [-0.15, -0.1) is 0 Å². The molecule has 0 saturated carbocycles. The van der Waals surface area contributed by atoms with E-state index in [1.165, 1.54) is 87.1 Å². The fraction of sp³-hybridized carbons (Fsp3) is 0.120. The highest BCUT2D eigenvalue weighted by atomic mass is 28.3. The van der Waals surface area contributed by atoms with Gasteiger partial charge in [0.2, 0.25) is 0 Å². The van der Waals surface area contributed by atoms with Crippen LogP contribution < -0.4 is 15.3 Å². The number of rotatable bonds is 7. The fourth-order valence-electron chi connectivity index (χ4n) is 8.01. The van der Waals surface area contributed by atoms with Gasteiger partial charge in [-0.25, -0.2) is 0 Å². The lowest BCUT2D eigenvalue weighted by Gasteiger charge is -2.27. The third kappa shape index (κ3) is 6.14. The van der Waals surface area contributed by atoms with E-state index >= 15 is 0 Å². The third-order valence-electron chi connectivity index (χ3n) is 11.1. The van der Waals surface area contributed by atoms with Crippen molar-refractivity contribution in [3.63, 3.8) is 0 Å². The summed E-state index contributed by atoms with van der Waals surface area (Å²) in [5, 5.41) is 13.3. The summed E-state index contributed by atoms with van der Waals surface area (Å²) < 4.78 is 0. The lowest BCUT2D eigenvalue weighted by atomic mass is 9.89. The Labute approximate surface area is 315 Å². The minimum Gasteiger partial charge on any atom is -0.311 e. The van der Waals surface area contributed by atoms with E-state index in [1.54, 1.807) is 0 Å². The van der Waals surface area contributed by atoms with Crippen LogP contribution >= 0.6 is 0 Å². The average molecular weight is 716 g/mol. The van der Waals surface area contributed by atoms with E-state index in [2.05, 4.69) is 208 Å². The highest BCUT2D eigenvalue weighted by molar-refractivity contribution is 6.89. The van der Waals surface area contributed by atoms with Gasteiger partial charge in [-0.1, -0.05) is 147 Å². The van der Waals surface area contributed by atoms with Gasteiger partial charge in [-0.2, -0.15) is 0 Å². The van der Waals surface area contributed by atoms with Gasteiger partial charge >= 0.3 is 0 Å². The average Bonchev–Trinajstić information content (AvgIpc) is 3.16. The topological polar surface area (TPSA) is 3.24 Å². The minimum absolute atomic E-state index is 1.16. The van der Waals surface area contributed by atoms with Crippen LogP contribution in [-0.2, 0) is 0 Å². The molecule has 258 valence electrons. The summed E-state index contributed by atoms with van der Waals surface area (Å²) in [5.41, 5.74) is 8.52. The fourth-order valence-corrected chi connectivity index (χ4v) is 10.3. The van der Waals surface area contributed by atoms with E-state index in [0.29, 0.717) is 0 Å². The van der Waals surface area contributed by atoms with Crippen LogP contribution in [0.15, 0.2) is 164 Å². The largest absolute Gasteiger partial charge is 0.311 e. The molecule has 0 fully saturated rings. The molecule has 0 aliphatic rings. The molecule has 0 N–H and O–H groups in total. The Hall–Kier alpha value is -5.49. The van der Waals surface area contributed by atoms with E-state index in [9.17, 15) is 0 Å². The van der Waals surface area contributed by atoms with Crippen LogP contribution in [0.1, 0.15) is 0 Å². The van der Waals surface area contributed by atoms with Gasteiger partial charge in [-0.3, -0.25) is 0 Å². The van der Waals surface area contributed by atoms with Crippen molar-refractivity contribution in [2.24, 2.45) is 0 Å². The molecular weight excluding hydrogens is 671 g/mol. The van der Waals surface area contributed by atoms with Gasteiger partial charge in [0.25, 0.3) is 0 Å². The molecule has 53 heavy (non-hydrogen) atoms. The second kappa shape index (κ2) is 12.6. The van der Waals surface area contributed by atoms with Crippen LogP contribution in [0.3, 0.4) is 0 Å². The molecule has 0 aliphatic heterocycles. The molecule has 0 atom stereocenters. The van der Waals surface area contributed by atoms with Gasteiger partial charge in [0, 0.05) is 17.1 Å². The van der Waals surface area contributed by atoms with Crippen molar-refractivity contribution in [2.45, 2.75) is 39.3 Å². The first-order valence-electron chi connectivity index (χ1n) is 18.8. The monoisotopic (exact) mass is 715 g/mol. The van der Waals surface area contributed by atoms with E-state index in [0.717, 1.165) is 5.69 Å². The molecule has 0 radical (unpaired) electrons. The standard InChI is InChI=1S/C50H45NSi2/c1-52(2,3)47-25-21-45(22-26-47)51(46-23-27-48(28-24-46)53(4,5)6)44-19-17-35(18-20-44)42-30-38-13-15-40-32-43(33-41-16-14-39(31-42)49(38)50(40)41)37-12-11-34-9-7-8-10-36(34)29-37/h7-33H,1-6H3. The molecular formula is C50H45NSi2. The first kappa shape index (κ1) is 33.4. The molecule has 1 nitrogen and oxygen atoms in total. The van der Waals surface area contributed by atoms with Crippen molar-refractivity contribution in [3.8, 4) is 22.3 Å². The Morgan fingerprint density at radius 3 is 1.08 bits per heavy atom. The summed E-state index contributed by atoms with van der Waals surface area (Å²) in [6.07, 6.45) is 0. The molecule has 9 aromatic rings. The van der Waals surface area contributed by atoms with Crippen molar-refractivity contribution in [2.75, 3.05) is 4.90 Å². The molecule has 9 rings (SSSR count). The molecule has 0 saturated heterocycles. The van der Waals surface area contributed by atoms with E-state index in [4.69, 9.17) is 0 Å².